The van der Waals surface area contributed by atoms with E-state index in [-0.39, 0.29) is 213 Å². The number of nitrogens with zero attached hydrogens (tertiary/aromatic N) is 4. The maximum atomic E-state index is 12.5. The van der Waals surface area contributed by atoms with E-state index in [0.29, 0.717) is 12.0 Å². The van der Waals surface area contributed by atoms with Crippen molar-refractivity contribution in [2.45, 2.75) is 24.5 Å². The third kappa shape index (κ3) is 14.1. The molecule has 0 aliphatic carbocycles. The van der Waals surface area contributed by atoms with Gasteiger partial charge in [0.05, 0.1) is 66.1 Å². The maximum absolute atomic E-state index is 12.5. The second kappa shape index (κ2) is 24.7. The van der Waals surface area contributed by atoms with Crippen LogP contribution in [0.15, 0.2) is 124 Å². The van der Waals surface area contributed by atoms with Gasteiger partial charge >= 0.3 is 148 Å². The summed E-state index contributed by atoms with van der Waals surface area (Å²) in [7, 11) is -15.1. The van der Waals surface area contributed by atoms with Gasteiger partial charge in [-0.1, -0.05) is 24.3 Å². The van der Waals surface area contributed by atoms with E-state index in [1.807, 2.05) is 0 Å². The Balaban J connectivity index is 0.00000372. The minimum atomic E-state index is -5.38. The van der Waals surface area contributed by atoms with E-state index in [4.69, 9.17) is 5.73 Å². The van der Waals surface area contributed by atoms with Crippen LogP contribution in [0.4, 0.5) is 28.4 Å². The zero-order valence-electron chi connectivity index (χ0n) is 32.0. The molecule has 0 heterocycles. The Bertz CT molecular complexity index is 2990. The van der Waals surface area contributed by atoms with Gasteiger partial charge in [0.1, 0.15) is 41.7 Å². The van der Waals surface area contributed by atoms with Crippen molar-refractivity contribution in [2.75, 3.05) is 5.73 Å². The monoisotopic (exact) mass is 977 g/mol. The SMILES string of the molecule is Nc1c(N=Nc2cccc3cc(S(=O)(=O)[O-])ccc23)c(S(=O)(=O)[O-])cc2cc(SOO[O-])c(N=Nc3cc(SOO[O-])cc4cc(S(=O)(=O)[O-])ccc34)c(O)c12.[Na+].[Na+].[Na+].[Na+].[Na+]. The van der Waals surface area contributed by atoms with E-state index >= 15 is 0 Å². The fraction of sp³-hybridized carbons (Fsp3) is 0. The molecule has 0 fully saturated rings. The molecular weight excluding hydrogens is 962 g/mol. The van der Waals surface area contributed by atoms with Crippen LogP contribution in [0.25, 0.3) is 32.3 Å². The van der Waals surface area contributed by atoms with Crippen LogP contribution in [0.1, 0.15) is 0 Å². The molecule has 31 heteroatoms. The molecule has 61 heavy (non-hydrogen) atoms. The van der Waals surface area contributed by atoms with E-state index in [1.165, 1.54) is 42.5 Å². The van der Waals surface area contributed by atoms with Gasteiger partial charge in [-0.25, -0.2) is 25.3 Å². The first-order valence-corrected chi connectivity index (χ1v) is 20.3. The number of aromatic hydroxyl groups is 1. The molecule has 0 bridgehead atoms. The number of nitrogens with two attached hydrogens (primary N) is 1. The van der Waals surface area contributed by atoms with Crippen molar-refractivity contribution in [2.24, 2.45) is 20.5 Å². The Morgan fingerprint density at radius 1 is 0.574 bits per heavy atom. The number of anilines is 1. The number of hydrogen-bond acceptors (Lipinski definition) is 23. The second-order valence-electron chi connectivity index (χ2n) is 11.0. The molecule has 0 aliphatic heterocycles. The van der Waals surface area contributed by atoms with Crippen molar-refractivity contribution in [3.05, 3.63) is 78.9 Å². The maximum Gasteiger partial charge on any atom is 1.00 e. The third-order valence-corrected chi connectivity index (χ3v) is 11.4. The van der Waals surface area contributed by atoms with E-state index in [9.17, 15) is 54.5 Å². The number of hydrogen-bond donors (Lipinski definition) is 2. The number of phenols is 1. The van der Waals surface area contributed by atoms with Crippen molar-refractivity contribution in [1.29, 1.82) is 0 Å². The van der Waals surface area contributed by atoms with Crippen LogP contribution in [0.2, 0.25) is 0 Å². The van der Waals surface area contributed by atoms with Crippen LogP contribution >= 0.6 is 24.1 Å². The van der Waals surface area contributed by atoms with Crippen molar-refractivity contribution >= 4 is 115 Å². The molecule has 0 aromatic heterocycles. The van der Waals surface area contributed by atoms with Crippen LogP contribution < -0.4 is 164 Å². The predicted octanol–water partition coefficient (Wildman–Crippen LogP) is -10.5. The molecule has 3 N–H and O–H groups in total. The van der Waals surface area contributed by atoms with Gasteiger partial charge in [0.2, 0.25) is 0 Å². The van der Waals surface area contributed by atoms with Crippen LogP contribution in [-0.4, -0.2) is 44.0 Å². The van der Waals surface area contributed by atoms with Crippen LogP contribution in [0.3, 0.4) is 0 Å². The Morgan fingerprint density at radius 3 is 1.69 bits per heavy atom. The molecule has 0 aliphatic rings. The summed E-state index contributed by atoms with van der Waals surface area (Å²) >= 11 is 0.555. The van der Waals surface area contributed by atoms with Crippen LogP contribution in [0.5, 0.6) is 5.75 Å². The summed E-state index contributed by atoms with van der Waals surface area (Å²) in [6, 6.07) is 15.4. The molecule has 0 unspecified atom stereocenters. The Labute approximate surface area is 464 Å². The van der Waals surface area contributed by atoms with Gasteiger partial charge in [-0.15, -0.1) is 20.5 Å². The minimum Gasteiger partial charge on any atom is -0.744 e. The summed E-state index contributed by atoms with van der Waals surface area (Å²) in [5.74, 6) is -0.832. The zero-order valence-corrected chi connectivity index (χ0v) is 46.1. The fourth-order valence-electron chi connectivity index (χ4n) is 5.35. The van der Waals surface area contributed by atoms with E-state index < -0.39 is 67.9 Å². The standard InChI is InChI=1S/C30H21N5O16S5.5Na/c31-27-26-16(12-25(56(45,46)47)29(27)35-32-22-3-1-2-14-9-18(54(39,40)41)4-6-20(14)22)11-24(53-51-49-38)28(30(26)36)34-33-23-13-17(52-50-48-37)8-15-10-19(55(42,43)44)5-7-21(15)23;;;;;/h1-13,36-38H,31H2,(H,39,40,41)(H,42,43,44)(H,45,46,47);;;;;/q;5*+1/p-5. The minimum absolute atomic E-state index is 0. The summed E-state index contributed by atoms with van der Waals surface area (Å²) in [6.07, 6.45) is 0. The number of fused-ring (bicyclic) bond motifs is 3. The van der Waals surface area contributed by atoms with Crippen molar-refractivity contribution in [1.82, 2.24) is 0 Å². The van der Waals surface area contributed by atoms with Gasteiger partial charge in [0.15, 0.2) is 5.75 Å². The number of rotatable bonds is 13. The summed E-state index contributed by atoms with van der Waals surface area (Å²) in [6.45, 7) is 0. The molecule has 0 radical (unpaired) electrons. The predicted molar refractivity (Wildman–Crippen MR) is 186 cm³/mol. The largest absolute Gasteiger partial charge is 1.00 e. The van der Waals surface area contributed by atoms with Gasteiger partial charge in [-0.05, 0) is 70.8 Å². The van der Waals surface area contributed by atoms with Gasteiger partial charge in [0.25, 0.3) is 0 Å². The first-order valence-electron chi connectivity index (χ1n) is 14.6. The molecule has 0 saturated carbocycles. The molecule has 21 nitrogen and oxygen atoms in total. The quantitative estimate of drug-likeness (QED) is 0.0206. The average Bonchev–Trinajstić information content (AvgIpc) is 3.13. The number of benzene rings is 6. The van der Waals surface area contributed by atoms with E-state index in [1.54, 1.807) is 0 Å². The van der Waals surface area contributed by atoms with Crippen molar-refractivity contribution < 1.29 is 221 Å². The molecule has 0 atom stereocenters. The first-order chi connectivity index (χ1) is 26.4. The van der Waals surface area contributed by atoms with Gasteiger partial charge in [0, 0.05) is 15.7 Å². The molecule has 6 aromatic carbocycles. The Hall–Kier alpha value is 0.0900. The summed E-state index contributed by atoms with van der Waals surface area (Å²) in [5.41, 5.74) is 4.45. The number of nitrogen functional groups attached to an aromatic ring is 1. The smallest absolute Gasteiger partial charge is 0.744 e. The van der Waals surface area contributed by atoms with Crippen LogP contribution in [-0.2, 0) is 49.1 Å². The van der Waals surface area contributed by atoms with E-state index in [2.05, 4.69) is 39.2 Å². The van der Waals surface area contributed by atoms with Crippen LogP contribution in [0, 0.1) is 0 Å². The summed E-state index contributed by atoms with van der Waals surface area (Å²) in [4.78, 5) is -2.30. The molecule has 6 rings (SSSR count). The normalized spacial score (nSPS) is 11.8. The molecule has 6 aromatic rings. The summed E-state index contributed by atoms with van der Waals surface area (Å²) < 4.78 is 116. The molecule has 0 saturated heterocycles. The van der Waals surface area contributed by atoms with Crippen molar-refractivity contribution in [3.8, 4) is 5.75 Å². The number of phenolic OH excluding ortho intramolecular Hbond substituents is 1. The van der Waals surface area contributed by atoms with E-state index in [0.717, 1.165) is 36.4 Å². The third-order valence-electron chi connectivity index (χ3n) is 7.69. The summed E-state index contributed by atoms with van der Waals surface area (Å²) in [5, 5.41) is 55.9. The molecule has 0 amide bonds. The van der Waals surface area contributed by atoms with Gasteiger partial charge in [-0.3, -0.25) is 10.1 Å². The Morgan fingerprint density at radius 2 is 1.11 bits per heavy atom. The fourth-order valence-corrected chi connectivity index (χ4v) is 7.96. The van der Waals surface area contributed by atoms with Crippen molar-refractivity contribution in [3.63, 3.8) is 0 Å². The number of azo groups is 2. The zero-order chi connectivity index (χ0) is 40.6. The second-order valence-corrected chi connectivity index (χ2v) is 16.6. The average molecular weight is 978 g/mol. The van der Waals surface area contributed by atoms with Gasteiger partial charge < -0.3 is 35.0 Å². The topological polar surface area (TPSA) is 350 Å². The molecule has 0 spiro atoms. The first kappa shape index (κ1) is 59.1. The molecule has 292 valence electrons. The van der Waals surface area contributed by atoms with Gasteiger partial charge in [-0.2, -0.15) is 8.67 Å². The molecular formula is C30H16N5Na5O16S5. The Kier molecular flexibility index (Phi) is 24.0.